The Morgan fingerprint density at radius 2 is 1.74 bits per heavy atom. The number of carbonyl (C=O) groups excluding carboxylic acids is 1. The van der Waals surface area contributed by atoms with Crippen molar-refractivity contribution in [3.63, 3.8) is 0 Å². The number of rotatable bonds is 5. The summed E-state index contributed by atoms with van der Waals surface area (Å²) in [5, 5.41) is 4.41. The highest BCUT2D eigenvalue weighted by Crippen LogP contribution is 2.20. The Bertz CT molecular complexity index is 1120. The third-order valence-corrected chi connectivity index (χ3v) is 5.54. The van der Waals surface area contributed by atoms with Gasteiger partial charge in [0.2, 0.25) is 5.91 Å². The van der Waals surface area contributed by atoms with Crippen molar-refractivity contribution in [3.8, 4) is 17.0 Å². The summed E-state index contributed by atoms with van der Waals surface area (Å²) in [6.07, 6.45) is 0. The van der Waals surface area contributed by atoms with E-state index in [1.54, 1.807) is 18.1 Å². The largest absolute Gasteiger partial charge is 0.497 e. The zero-order chi connectivity index (χ0) is 21.8. The summed E-state index contributed by atoms with van der Waals surface area (Å²) < 4.78 is 6.42. The zero-order valence-electron chi connectivity index (χ0n) is 17.8. The number of aryl methyl sites for hydroxylation is 1. The molecule has 0 atom stereocenters. The molecule has 1 fully saturated rings. The molecule has 4 rings (SSSR count). The number of amides is 1. The number of ether oxygens (including phenoxy) is 1. The Balaban J connectivity index is 1.42. The van der Waals surface area contributed by atoms with Gasteiger partial charge in [-0.15, -0.1) is 0 Å². The van der Waals surface area contributed by atoms with E-state index >= 15 is 0 Å². The first-order valence-electron chi connectivity index (χ1n) is 10.4. The van der Waals surface area contributed by atoms with Crippen LogP contribution < -0.4 is 15.2 Å². The lowest BCUT2D eigenvalue weighted by Crippen LogP contribution is -2.50. The van der Waals surface area contributed by atoms with Crippen LogP contribution in [0.15, 0.2) is 65.5 Å². The van der Waals surface area contributed by atoms with Crippen molar-refractivity contribution in [3.05, 3.63) is 76.6 Å². The lowest BCUT2D eigenvalue weighted by atomic mass is 10.1. The molecule has 31 heavy (non-hydrogen) atoms. The number of piperazine rings is 1. The number of methoxy groups -OCH3 is 1. The smallest absolute Gasteiger partial charge is 0.267 e. The van der Waals surface area contributed by atoms with E-state index in [2.05, 4.69) is 41.2 Å². The molecule has 0 unspecified atom stereocenters. The van der Waals surface area contributed by atoms with Gasteiger partial charge in [0.1, 0.15) is 12.3 Å². The monoisotopic (exact) mass is 418 g/mol. The quantitative estimate of drug-likeness (QED) is 0.637. The second-order valence-electron chi connectivity index (χ2n) is 7.65. The molecule has 2 heterocycles. The molecule has 0 aliphatic carbocycles. The first kappa shape index (κ1) is 20.7. The van der Waals surface area contributed by atoms with E-state index in [9.17, 15) is 9.59 Å². The van der Waals surface area contributed by atoms with Gasteiger partial charge in [-0.25, -0.2) is 4.68 Å². The third-order valence-electron chi connectivity index (χ3n) is 5.54. The highest BCUT2D eigenvalue weighted by Gasteiger charge is 2.22. The van der Waals surface area contributed by atoms with Gasteiger partial charge in [0.15, 0.2) is 0 Å². The molecule has 1 aromatic heterocycles. The number of carbonyl (C=O) groups is 1. The van der Waals surface area contributed by atoms with Crippen molar-refractivity contribution in [2.24, 2.45) is 0 Å². The van der Waals surface area contributed by atoms with Gasteiger partial charge in [-0.2, -0.15) is 5.10 Å². The van der Waals surface area contributed by atoms with E-state index < -0.39 is 0 Å². The van der Waals surface area contributed by atoms with Crippen molar-refractivity contribution < 1.29 is 9.53 Å². The molecule has 1 aliphatic rings. The molecule has 7 heteroatoms. The Hall–Kier alpha value is -3.61. The SMILES string of the molecule is COc1ccc(-c2ccc(=O)n(CC(=O)N3CCN(c4cccc(C)c4)CC3)n2)cc1. The first-order valence-corrected chi connectivity index (χ1v) is 10.4. The topological polar surface area (TPSA) is 67.7 Å². The second-order valence-corrected chi connectivity index (χ2v) is 7.65. The average molecular weight is 418 g/mol. The fraction of sp³-hybridized carbons (Fsp3) is 0.292. The van der Waals surface area contributed by atoms with E-state index in [1.807, 2.05) is 24.3 Å². The molecule has 1 saturated heterocycles. The van der Waals surface area contributed by atoms with Gasteiger partial charge in [0.05, 0.1) is 12.8 Å². The lowest BCUT2D eigenvalue weighted by molar-refractivity contribution is -0.132. The van der Waals surface area contributed by atoms with Gasteiger partial charge >= 0.3 is 0 Å². The van der Waals surface area contributed by atoms with Crippen molar-refractivity contribution in [1.29, 1.82) is 0 Å². The van der Waals surface area contributed by atoms with Crippen LogP contribution in [0.3, 0.4) is 0 Å². The van der Waals surface area contributed by atoms with Gasteiger partial charge in [0, 0.05) is 43.5 Å². The number of benzene rings is 2. The molecule has 0 spiro atoms. The second kappa shape index (κ2) is 9.04. The van der Waals surface area contributed by atoms with E-state index in [0.29, 0.717) is 18.8 Å². The third kappa shape index (κ3) is 4.77. The van der Waals surface area contributed by atoms with Crippen LogP contribution in [0.25, 0.3) is 11.3 Å². The molecule has 7 nitrogen and oxygen atoms in total. The summed E-state index contributed by atoms with van der Waals surface area (Å²) in [6.45, 7) is 4.80. The van der Waals surface area contributed by atoms with Gasteiger partial charge in [-0.05, 0) is 55.0 Å². The molecule has 0 radical (unpaired) electrons. The molecule has 3 aromatic rings. The predicted molar refractivity (Wildman–Crippen MR) is 120 cm³/mol. The molecule has 160 valence electrons. The Morgan fingerprint density at radius 1 is 1.00 bits per heavy atom. The van der Waals surface area contributed by atoms with Crippen LogP contribution in [0.4, 0.5) is 5.69 Å². The molecule has 1 aliphatic heterocycles. The van der Waals surface area contributed by atoms with Crippen LogP contribution in [-0.4, -0.2) is 53.9 Å². The van der Waals surface area contributed by atoms with Crippen molar-refractivity contribution in [2.75, 3.05) is 38.2 Å². The Kier molecular flexibility index (Phi) is 6.02. The maximum atomic E-state index is 12.8. The highest BCUT2D eigenvalue weighted by molar-refractivity contribution is 5.76. The van der Waals surface area contributed by atoms with Crippen LogP contribution in [0.5, 0.6) is 5.75 Å². The van der Waals surface area contributed by atoms with Crippen molar-refractivity contribution in [2.45, 2.75) is 13.5 Å². The fourth-order valence-electron chi connectivity index (χ4n) is 3.74. The van der Waals surface area contributed by atoms with Crippen LogP contribution in [0, 0.1) is 6.92 Å². The molecule has 0 bridgehead atoms. The number of aromatic nitrogens is 2. The molecule has 1 amide bonds. The van der Waals surface area contributed by atoms with Crippen LogP contribution >= 0.6 is 0 Å². The van der Waals surface area contributed by atoms with E-state index in [0.717, 1.165) is 24.4 Å². The zero-order valence-corrected chi connectivity index (χ0v) is 17.8. The van der Waals surface area contributed by atoms with Gasteiger partial charge < -0.3 is 14.5 Å². The summed E-state index contributed by atoms with van der Waals surface area (Å²) in [7, 11) is 1.61. The van der Waals surface area contributed by atoms with Crippen LogP contribution in [0.1, 0.15) is 5.56 Å². The maximum absolute atomic E-state index is 12.8. The minimum atomic E-state index is -0.288. The van der Waals surface area contributed by atoms with Gasteiger partial charge in [-0.3, -0.25) is 9.59 Å². The van der Waals surface area contributed by atoms with Crippen LogP contribution in [-0.2, 0) is 11.3 Å². The predicted octanol–water partition coefficient (Wildman–Crippen LogP) is 2.58. The molecular weight excluding hydrogens is 392 g/mol. The minimum Gasteiger partial charge on any atom is -0.497 e. The Morgan fingerprint density at radius 3 is 2.42 bits per heavy atom. The number of hydrogen-bond donors (Lipinski definition) is 0. The number of hydrogen-bond acceptors (Lipinski definition) is 5. The van der Waals surface area contributed by atoms with Crippen molar-refractivity contribution in [1.82, 2.24) is 14.7 Å². The molecular formula is C24H26N4O3. The molecule has 0 N–H and O–H groups in total. The van der Waals surface area contributed by atoms with E-state index in [4.69, 9.17) is 4.74 Å². The summed E-state index contributed by atoms with van der Waals surface area (Å²) >= 11 is 0. The van der Waals surface area contributed by atoms with E-state index in [1.165, 1.54) is 22.0 Å². The lowest BCUT2D eigenvalue weighted by Gasteiger charge is -2.36. The summed E-state index contributed by atoms with van der Waals surface area (Å²) in [4.78, 5) is 29.2. The average Bonchev–Trinajstić information content (AvgIpc) is 2.80. The summed E-state index contributed by atoms with van der Waals surface area (Å²) in [5.74, 6) is 0.655. The standard InChI is InChI=1S/C24H26N4O3/c1-18-4-3-5-20(16-18)26-12-14-27(15-13-26)24(30)17-28-23(29)11-10-22(25-28)19-6-8-21(31-2)9-7-19/h3-11,16H,12-15,17H2,1-2H3. The minimum absolute atomic E-state index is 0.0622. The summed E-state index contributed by atoms with van der Waals surface area (Å²) in [6, 6.07) is 18.9. The normalized spacial score (nSPS) is 13.9. The van der Waals surface area contributed by atoms with Gasteiger partial charge in [0.25, 0.3) is 5.56 Å². The van der Waals surface area contributed by atoms with Crippen molar-refractivity contribution >= 4 is 11.6 Å². The van der Waals surface area contributed by atoms with Gasteiger partial charge in [-0.1, -0.05) is 12.1 Å². The number of nitrogens with zero attached hydrogens (tertiary/aromatic N) is 4. The first-order chi connectivity index (χ1) is 15.0. The summed E-state index contributed by atoms with van der Waals surface area (Å²) in [5.41, 5.74) is 3.60. The molecule has 2 aromatic carbocycles. The maximum Gasteiger partial charge on any atom is 0.267 e. The van der Waals surface area contributed by atoms with Crippen LogP contribution in [0.2, 0.25) is 0 Å². The number of anilines is 1. The fourth-order valence-corrected chi connectivity index (χ4v) is 3.74. The van der Waals surface area contributed by atoms with E-state index in [-0.39, 0.29) is 18.0 Å². The molecule has 0 saturated carbocycles. The Labute approximate surface area is 181 Å². The highest BCUT2D eigenvalue weighted by atomic mass is 16.5.